The first-order valence-electron chi connectivity index (χ1n) is 5.76. The van der Waals surface area contributed by atoms with E-state index >= 15 is 0 Å². The third-order valence-corrected chi connectivity index (χ3v) is 3.69. The second-order valence-electron chi connectivity index (χ2n) is 4.30. The lowest BCUT2D eigenvalue weighted by atomic mass is 9.98. The number of aliphatic hydroxyl groups is 4. The molecule has 9 nitrogen and oxygen atoms in total. The normalized spacial score (nSPS) is 33.9. The molecular weight excluding hydrogens is 290 g/mol. The van der Waals surface area contributed by atoms with Gasteiger partial charge in [-0.1, -0.05) is 0 Å². The molecule has 0 radical (unpaired) electrons. The number of nitrogens with zero attached hydrogens (tertiary/aromatic N) is 1. The van der Waals surface area contributed by atoms with Gasteiger partial charge < -0.3 is 36.2 Å². The minimum absolute atomic E-state index is 0.0575. The summed E-state index contributed by atoms with van der Waals surface area (Å²) >= 11 is 1.06. The number of thiazole rings is 1. The van der Waals surface area contributed by atoms with Crippen LogP contribution in [0.15, 0.2) is 5.38 Å². The van der Waals surface area contributed by atoms with E-state index in [1.54, 1.807) is 0 Å². The fourth-order valence-corrected chi connectivity index (χ4v) is 2.52. The Kier molecular flexibility index (Phi) is 4.52. The Morgan fingerprint density at radius 1 is 1.40 bits per heavy atom. The van der Waals surface area contributed by atoms with Gasteiger partial charge in [0.25, 0.3) is 5.91 Å². The molecule has 1 amide bonds. The average molecular weight is 305 g/mol. The Hall–Kier alpha value is -1.30. The van der Waals surface area contributed by atoms with Gasteiger partial charge in [0.15, 0.2) is 11.4 Å². The van der Waals surface area contributed by atoms with Crippen molar-refractivity contribution in [2.45, 2.75) is 30.6 Å². The first-order valence-corrected chi connectivity index (χ1v) is 6.64. The van der Waals surface area contributed by atoms with E-state index in [1.807, 2.05) is 0 Å². The van der Waals surface area contributed by atoms with Crippen LogP contribution in [-0.2, 0) is 4.74 Å². The molecule has 0 saturated carbocycles. The van der Waals surface area contributed by atoms with Crippen LogP contribution in [0, 0.1) is 0 Å². The van der Waals surface area contributed by atoms with Gasteiger partial charge in [-0.25, -0.2) is 4.98 Å². The third kappa shape index (κ3) is 2.90. The molecule has 7 N–H and O–H groups in total. The van der Waals surface area contributed by atoms with Crippen LogP contribution >= 0.6 is 11.3 Å². The van der Waals surface area contributed by atoms with Gasteiger partial charge >= 0.3 is 0 Å². The molecule has 0 bridgehead atoms. The molecule has 20 heavy (non-hydrogen) atoms. The first kappa shape index (κ1) is 15.1. The summed E-state index contributed by atoms with van der Waals surface area (Å²) in [5.74, 6) is -0.692. The van der Waals surface area contributed by atoms with E-state index in [-0.39, 0.29) is 10.8 Å². The van der Waals surface area contributed by atoms with Crippen LogP contribution in [-0.4, -0.2) is 68.6 Å². The Labute approximate surface area is 117 Å². The number of aromatic nitrogens is 1. The number of anilines is 1. The number of aliphatic hydroxyl groups excluding tert-OH is 4. The minimum Gasteiger partial charge on any atom is -0.394 e. The highest BCUT2D eigenvalue weighted by Gasteiger charge is 2.43. The number of ether oxygens (including phenoxy) is 1. The summed E-state index contributed by atoms with van der Waals surface area (Å²) in [7, 11) is 0. The summed E-state index contributed by atoms with van der Waals surface area (Å²) in [6.07, 6.45) is -6.42. The van der Waals surface area contributed by atoms with Crippen LogP contribution in [0.3, 0.4) is 0 Å². The zero-order valence-corrected chi connectivity index (χ0v) is 11.0. The van der Waals surface area contributed by atoms with Crippen molar-refractivity contribution in [3.05, 3.63) is 11.1 Å². The van der Waals surface area contributed by atoms with Crippen LogP contribution in [0.2, 0.25) is 0 Å². The van der Waals surface area contributed by atoms with Crippen molar-refractivity contribution in [2.75, 3.05) is 11.9 Å². The average Bonchev–Trinajstić information content (AvgIpc) is 2.88. The summed E-state index contributed by atoms with van der Waals surface area (Å²) < 4.78 is 5.23. The molecule has 10 heteroatoms. The van der Waals surface area contributed by atoms with E-state index in [2.05, 4.69) is 10.3 Å². The van der Waals surface area contributed by atoms with Crippen LogP contribution in [0.1, 0.15) is 10.5 Å². The zero-order valence-electron chi connectivity index (χ0n) is 10.2. The van der Waals surface area contributed by atoms with E-state index in [4.69, 9.17) is 15.6 Å². The summed E-state index contributed by atoms with van der Waals surface area (Å²) in [5, 5.41) is 42.4. The molecule has 0 aromatic carbocycles. The van der Waals surface area contributed by atoms with E-state index in [0.29, 0.717) is 0 Å². The topological polar surface area (TPSA) is 158 Å². The number of rotatable bonds is 4. The molecule has 1 aliphatic rings. The van der Waals surface area contributed by atoms with E-state index in [0.717, 1.165) is 11.3 Å². The fourth-order valence-electron chi connectivity index (χ4n) is 1.80. The molecule has 1 saturated heterocycles. The van der Waals surface area contributed by atoms with Crippen molar-refractivity contribution >= 4 is 22.4 Å². The SMILES string of the molecule is NC(=O)c1csc(N[C@@H]2O[C@@H](CO)[C@@H](O)[C@@H](O)[C@H]2O)n1. The quantitative estimate of drug-likeness (QED) is 0.355. The number of primary amides is 1. The lowest BCUT2D eigenvalue weighted by Gasteiger charge is -2.40. The van der Waals surface area contributed by atoms with Gasteiger partial charge in [0.2, 0.25) is 0 Å². The number of amides is 1. The van der Waals surface area contributed by atoms with Gasteiger partial charge in [-0.15, -0.1) is 11.3 Å². The molecule has 2 rings (SSSR count). The molecule has 5 atom stereocenters. The summed E-state index contributed by atoms with van der Waals surface area (Å²) in [4.78, 5) is 14.8. The maximum Gasteiger partial charge on any atom is 0.268 e. The monoisotopic (exact) mass is 305 g/mol. The smallest absolute Gasteiger partial charge is 0.268 e. The van der Waals surface area contributed by atoms with Crippen molar-refractivity contribution in [3.63, 3.8) is 0 Å². The second kappa shape index (κ2) is 5.99. The van der Waals surface area contributed by atoms with Crippen molar-refractivity contribution in [1.82, 2.24) is 4.98 Å². The van der Waals surface area contributed by atoms with Crippen molar-refractivity contribution in [3.8, 4) is 0 Å². The Bertz CT molecular complexity index is 481. The molecule has 112 valence electrons. The first-order chi connectivity index (χ1) is 9.43. The van der Waals surface area contributed by atoms with Gasteiger partial charge in [0.1, 0.15) is 30.1 Å². The Morgan fingerprint density at radius 2 is 2.10 bits per heavy atom. The van der Waals surface area contributed by atoms with Crippen LogP contribution < -0.4 is 11.1 Å². The molecule has 2 heterocycles. The van der Waals surface area contributed by atoms with Crippen molar-refractivity contribution < 1.29 is 30.0 Å². The van der Waals surface area contributed by atoms with Gasteiger partial charge in [0.05, 0.1) is 6.61 Å². The van der Waals surface area contributed by atoms with Gasteiger partial charge in [0, 0.05) is 5.38 Å². The van der Waals surface area contributed by atoms with Crippen LogP contribution in [0.25, 0.3) is 0 Å². The van der Waals surface area contributed by atoms with E-state index in [1.165, 1.54) is 5.38 Å². The number of nitrogens with two attached hydrogens (primary N) is 1. The summed E-state index contributed by atoms with van der Waals surface area (Å²) in [5.41, 5.74) is 5.12. The fraction of sp³-hybridized carbons (Fsp3) is 0.600. The number of nitrogens with one attached hydrogen (secondary N) is 1. The van der Waals surface area contributed by atoms with Gasteiger partial charge in [-0.05, 0) is 0 Å². The van der Waals surface area contributed by atoms with E-state index in [9.17, 15) is 20.1 Å². The largest absolute Gasteiger partial charge is 0.394 e. The van der Waals surface area contributed by atoms with Crippen LogP contribution in [0.5, 0.6) is 0 Å². The minimum atomic E-state index is -1.48. The molecule has 0 unspecified atom stereocenters. The summed E-state index contributed by atoms with van der Waals surface area (Å²) in [6.45, 7) is -0.520. The van der Waals surface area contributed by atoms with Crippen LogP contribution in [0.4, 0.5) is 5.13 Å². The van der Waals surface area contributed by atoms with E-state index < -0.39 is 43.2 Å². The standard InChI is InChI=1S/C10H15N3O6S/c11-8(18)3-2-20-10(12-3)13-9-7(17)6(16)5(15)4(1-14)19-9/h2,4-7,9,14-17H,1H2,(H2,11,18)(H,12,13)/t4-,5+,6+,7+,9+/m0/s1. The lowest BCUT2D eigenvalue weighted by molar-refractivity contribution is -0.221. The molecule has 1 aromatic rings. The molecule has 1 fully saturated rings. The highest BCUT2D eigenvalue weighted by atomic mass is 32.1. The number of hydrogen-bond donors (Lipinski definition) is 6. The zero-order chi connectivity index (χ0) is 14.9. The van der Waals surface area contributed by atoms with Crippen molar-refractivity contribution in [1.29, 1.82) is 0 Å². The Balaban J connectivity index is 2.08. The highest BCUT2D eigenvalue weighted by molar-refractivity contribution is 7.13. The second-order valence-corrected chi connectivity index (χ2v) is 5.15. The van der Waals surface area contributed by atoms with Gasteiger partial charge in [-0.3, -0.25) is 4.79 Å². The van der Waals surface area contributed by atoms with Gasteiger partial charge in [-0.2, -0.15) is 0 Å². The lowest BCUT2D eigenvalue weighted by Crippen LogP contribution is -2.60. The Morgan fingerprint density at radius 3 is 2.65 bits per heavy atom. The maximum atomic E-state index is 10.9. The number of hydrogen-bond acceptors (Lipinski definition) is 9. The molecule has 0 aliphatic carbocycles. The summed E-state index contributed by atoms with van der Waals surface area (Å²) in [6, 6.07) is 0. The third-order valence-electron chi connectivity index (χ3n) is 2.91. The van der Waals surface area contributed by atoms with Crippen molar-refractivity contribution in [2.24, 2.45) is 5.73 Å². The molecular formula is C10H15N3O6S. The number of carbonyl (C=O) groups is 1. The molecule has 0 spiro atoms. The predicted octanol–water partition coefficient (Wildman–Crippen LogP) is -2.55. The molecule has 1 aromatic heterocycles. The number of carbonyl (C=O) groups excluding carboxylic acids is 1. The predicted molar refractivity (Wildman–Crippen MR) is 68.0 cm³/mol. The maximum absolute atomic E-state index is 10.9. The molecule has 1 aliphatic heterocycles. The highest BCUT2D eigenvalue weighted by Crippen LogP contribution is 2.24.